The molecule has 0 saturated carbocycles. The topological polar surface area (TPSA) is 49.1 Å². The first kappa shape index (κ1) is 25.1. The van der Waals surface area contributed by atoms with Crippen molar-refractivity contribution in [2.45, 2.75) is 79.1 Å². The van der Waals surface area contributed by atoms with Crippen LogP contribution in [0.5, 0.6) is 5.75 Å². The average molecular weight is 385 g/mol. The van der Waals surface area contributed by atoms with E-state index >= 15 is 0 Å². The summed E-state index contributed by atoms with van der Waals surface area (Å²) in [4.78, 5) is 0. The molecule has 4 heteroatoms. The maximum Gasteiger partial charge on any atom is 0.0786 e. The van der Waals surface area contributed by atoms with E-state index in [1.54, 1.807) is 0 Å². The predicted molar refractivity (Wildman–Crippen MR) is 115 cm³/mol. The molecule has 1 aromatic rings. The Bertz CT molecular complexity index is 428. The Balaban J connectivity index is 0.000000577. The summed E-state index contributed by atoms with van der Waals surface area (Å²) in [5.74, 6) is -0.181. The summed E-state index contributed by atoms with van der Waals surface area (Å²) in [5, 5.41) is 11.1. The summed E-state index contributed by atoms with van der Waals surface area (Å²) in [6.07, 6.45) is 11.1. The monoisotopic (exact) mass is 384 g/mol. The van der Waals surface area contributed by atoms with Gasteiger partial charge < -0.3 is 15.3 Å². The van der Waals surface area contributed by atoms with Crippen molar-refractivity contribution in [1.82, 2.24) is 0 Å². The first-order chi connectivity index (χ1) is 12.4. The lowest BCUT2D eigenvalue weighted by molar-refractivity contribution is -0.929. The van der Waals surface area contributed by atoms with Crippen molar-refractivity contribution in [1.29, 1.82) is 0 Å². The second-order valence-electron chi connectivity index (χ2n) is 7.33. The van der Waals surface area contributed by atoms with Crippen LogP contribution in [0.2, 0.25) is 5.02 Å². The average Bonchev–Trinajstić information content (AvgIpc) is 2.64. The maximum atomic E-state index is 10.6. The van der Waals surface area contributed by atoms with E-state index in [0.717, 1.165) is 0 Å². The first-order valence-electron chi connectivity index (χ1n) is 10.5. The van der Waals surface area contributed by atoms with Crippen molar-refractivity contribution in [2.75, 3.05) is 31.9 Å². The van der Waals surface area contributed by atoms with Gasteiger partial charge in [-0.1, -0.05) is 76.8 Å². The molecule has 0 saturated heterocycles. The number of nitrogens with two attached hydrogens (primary N) is 1. The fourth-order valence-corrected chi connectivity index (χ4v) is 3.34. The third-order valence-electron chi connectivity index (χ3n) is 4.92. The van der Waals surface area contributed by atoms with Crippen molar-refractivity contribution >= 4 is 17.3 Å². The quantitative estimate of drug-likeness (QED) is 0.355. The minimum Gasteiger partial charge on any atom is -0.871 e. The number of anilines is 1. The van der Waals surface area contributed by atoms with Gasteiger partial charge in [-0.25, -0.2) is 0 Å². The lowest BCUT2D eigenvalue weighted by Gasteiger charge is -2.39. The van der Waals surface area contributed by atoms with Gasteiger partial charge >= 0.3 is 0 Å². The molecule has 26 heavy (non-hydrogen) atoms. The standard InChI is InChI=1S/C16H36N.C6H6ClNO/c1-5-9-13-17(14-10-6-2,15-11-7-3)16-12-8-4;7-4-1-2-6(9)5(8)3-4/h5-16H2,1-4H3;1-3,9H,8H2/q+1;/p-1. The van der Waals surface area contributed by atoms with Crippen LogP contribution < -0.4 is 10.8 Å². The minimum atomic E-state index is -0.181. The zero-order valence-electron chi connectivity index (χ0n) is 17.5. The highest BCUT2D eigenvalue weighted by Gasteiger charge is 2.24. The molecule has 0 heterocycles. The molecule has 0 aliphatic carbocycles. The Morgan fingerprint density at radius 2 is 1.19 bits per heavy atom. The molecule has 0 fully saturated rings. The number of benzene rings is 1. The molecule has 0 aliphatic heterocycles. The van der Waals surface area contributed by atoms with Gasteiger partial charge in [0.2, 0.25) is 0 Å². The van der Waals surface area contributed by atoms with Gasteiger partial charge in [0.05, 0.1) is 26.2 Å². The van der Waals surface area contributed by atoms with E-state index < -0.39 is 0 Å². The van der Waals surface area contributed by atoms with Gasteiger partial charge in [-0.05, 0) is 37.8 Å². The first-order valence-corrected chi connectivity index (χ1v) is 10.9. The number of halogens is 1. The molecule has 0 bridgehead atoms. The van der Waals surface area contributed by atoms with Gasteiger partial charge in [0.25, 0.3) is 0 Å². The SMILES string of the molecule is CCCC[N+](CCCC)(CCCC)CCCC.Nc1cc(Cl)ccc1[O-]. The van der Waals surface area contributed by atoms with Crippen LogP contribution in [0.1, 0.15) is 79.1 Å². The number of nitrogens with zero attached hydrogens (tertiary/aromatic N) is 1. The zero-order valence-corrected chi connectivity index (χ0v) is 18.3. The number of quaternary nitrogens is 1. The van der Waals surface area contributed by atoms with E-state index in [1.165, 1.54) is 100 Å². The molecule has 1 rings (SSSR count). The molecular formula is C22H41ClN2O. The zero-order chi connectivity index (χ0) is 19.8. The van der Waals surface area contributed by atoms with E-state index in [0.29, 0.717) is 5.02 Å². The van der Waals surface area contributed by atoms with E-state index in [2.05, 4.69) is 27.7 Å². The fraction of sp³-hybridized carbons (Fsp3) is 0.727. The Morgan fingerprint density at radius 3 is 1.46 bits per heavy atom. The van der Waals surface area contributed by atoms with E-state index in [1.807, 2.05) is 0 Å². The summed E-state index contributed by atoms with van der Waals surface area (Å²) in [6.45, 7) is 15.0. The van der Waals surface area contributed by atoms with Gasteiger partial charge in [-0.15, -0.1) is 0 Å². The third kappa shape index (κ3) is 10.9. The highest BCUT2D eigenvalue weighted by Crippen LogP contribution is 2.20. The number of nitrogen functional groups attached to an aromatic ring is 1. The van der Waals surface area contributed by atoms with Crippen LogP contribution in [0.25, 0.3) is 0 Å². The molecule has 1 aromatic carbocycles. The molecule has 0 spiro atoms. The van der Waals surface area contributed by atoms with Crippen molar-refractivity contribution in [2.24, 2.45) is 0 Å². The third-order valence-corrected chi connectivity index (χ3v) is 5.15. The summed E-state index contributed by atoms with van der Waals surface area (Å²) in [5.41, 5.74) is 5.42. The largest absolute Gasteiger partial charge is 0.871 e. The summed E-state index contributed by atoms with van der Waals surface area (Å²) < 4.78 is 1.42. The molecule has 3 nitrogen and oxygen atoms in total. The van der Waals surface area contributed by atoms with E-state index in [4.69, 9.17) is 17.3 Å². The van der Waals surface area contributed by atoms with Gasteiger partial charge in [0.1, 0.15) is 0 Å². The minimum absolute atomic E-state index is 0.181. The second-order valence-corrected chi connectivity index (χ2v) is 7.77. The Morgan fingerprint density at radius 1 is 0.808 bits per heavy atom. The molecular weight excluding hydrogens is 344 g/mol. The van der Waals surface area contributed by atoms with Crippen molar-refractivity contribution in [3.05, 3.63) is 23.2 Å². The molecule has 2 N–H and O–H groups in total. The van der Waals surface area contributed by atoms with Gasteiger partial charge in [-0.2, -0.15) is 0 Å². The van der Waals surface area contributed by atoms with Gasteiger partial charge in [0, 0.05) is 10.7 Å². The smallest absolute Gasteiger partial charge is 0.0786 e. The lowest BCUT2D eigenvalue weighted by atomic mass is 10.1. The van der Waals surface area contributed by atoms with Gasteiger partial charge in [-0.3, -0.25) is 0 Å². The van der Waals surface area contributed by atoms with Crippen LogP contribution in [0.3, 0.4) is 0 Å². The number of rotatable bonds is 12. The molecule has 0 aromatic heterocycles. The lowest BCUT2D eigenvalue weighted by Crippen LogP contribution is -2.50. The Hall–Kier alpha value is -0.930. The summed E-state index contributed by atoms with van der Waals surface area (Å²) >= 11 is 5.50. The van der Waals surface area contributed by atoms with E-state index in [9.17, 15) is 5.11 Å². The summed E-state index contributed by atoms with van der Waals surface area (Å²) in [6, 6.07) is 4.29. The fourth-order valence-electron chi connectivity index (χ4n) is 3.16. The highest BCUT2D eigenvalue weighted by atomic mass is 35.5. The van der Waals surface area contributed by atoms with Crippen LogP contribution in [-0.4, -0.2) is 30.7 Å². The molecule has 0 radical (unpaired) electrons. The van der Waals surface area contributed by atoms with Crippen LogP contribution in [0.4, 0.5) is 5.69 Å². The van der Waals surface area contributed by atoms with Crippen LogP contribution in [0.15, 0.2) is 18.2 Å². The number of hydrogen-bond acceptors (Lipinski definition) is 2. The molecule has 0 unspecified atom stereocenters. The number of hydrogen-bond donors (Lipinski definition) is 1. The van der Waals surface area contributed by atoms with E-state index in [-0.39, 0.29) is 11.4 Å². The van der Waals surface area contributed by atoms with Crippen LogP contribution in [0, 0.1) is 0 Å². The molecule has 152 valence electrons. The second kappa shape index (κ2) is 15.2. The van der Waals surface area contributed by atoms with Crippen LogP contribution in [-0.2, 0) is 0 Å². The maximum absolute atomic E-state index is 10.6. The molecule has 0 amide bonds. The highest BCUT2D eigenvalue weighted by molar-refractivity contribution is 6.30. The van der Waals surface area contributed by atoms with Crippen LogP contribution >= 0.6 is 11.6 Å². The normalized spacial score (nSPS) is 11.1. The predicted octanol–water partition coefficient (Wildman–Crippen LogP) is 6.00. The Kier molecular flexibility index (Phi) is 14.6. The van der Waals surface area contributed by atoms with Crippen molar-refractivity contribution in [3.63, 3.8) is 0 Å². The van der Waals surface area contributed by atoms with Crippen molar-refractivity contribution < 1.29 is 9.59 Å². The Labute approximate surface area is 167 Å². The number of unbranched alkanes of at least 4 members (excludes halogenated alkanes) is 4. The van der Waals surface area contributed by atoms with Crippen molar-refractivity contribution in [3.8, 4) is 5.75 Å². The molecule has 0 aliphatic rings. The molecule has 0 atom stereocenters. The summed E-state index contributed by atoms with van der Waals surface area (Å²) in [7, 11) is 0. The van der Waals surface area contributed by atoms with Gasteiger partial charge in [0.15, 0.2) is 0 Å².